The van der Waals surface area contributed by atoms with E-state index in [1.54, 1.807) is 18.6 Å². The molecular weight excluding hydrogens is 372 g/mol. The van der Waals surface area contributed by atoms with Gasteiger partial charge in [-0.15, -0.1) is 0 Å². The molecule has 158 valence electrons. The molecule has 2 aromatic rings. The number of pyridine rings is 1. The number of benzene rings is 1. The van der Waals surface area contributed by atoms with E-state index in [1.807, 2.05) is 90.1 Å². The summed E-state index contributed by atoms with van der Waals surface area (Å²) < 4.78 is 11.4. The molecule has 0 N–H and O–H groups in total. The molecule has 0 saturated heterocycles. The van der Waals surface area contributed by atoms with Crippen molar-refractivity contribution in [2.24, 2.45) is 4.99 Å². The van der Waals surface area contributed by atoms with Gasteiger partial charge in [0.15, 0.2) is 0 Å². The van der Waals surface area contributed by atoms with E-state index in [1.165, 1.54) is 0 Å². The topological polar surface area (TPSA) is 43.7 Å². The van der Waals surface area contributed by atoms with E-state index in [9.17, 15) is 0 Å². The highest BCUT2D eigenvalue weighted by Gasteiger charge is 2.11. The average Bonchev–Trinajstić information content (AvgIpc) is 2.67. The maximum Gasteiger partial charge on any atom is 0.213 e. The van der Waals surface area contributed by atoms with E-state index in [0.717, 1.165) is 28.0 Å². The van der Waals surface area contributed by atoms with Gasteiger partial charge in [-0.25, -0.2) is 4.98 Å². The zero-order valence-corrected chi connectivity index (χ0v) is 18.8. The summed E-state index contributed by atoms with van der Waals surface area (Å²) in [5.41, 5.74) is 3.78. The number of aliphatic imine (C=N–C) groups is 1. The van der Waals surface area contributed by atoms with E-state index in [-0.39, 0.29) is 11.7 Å². The first-order valence-corrected chi connectivity index (χ1v) is 10.1. The molecule has 0 radical (unpaired) electrons. The molecule has 4 nitrogen and oxygen atoms in total. The van der Waals surface area contributed by atoms with Gasteiger partial charge < -0.3 is 9.47 Å². The Kier molecular flexibility index (Phi) is 8.16. The lowest BCUT2D eigenvalue weighted by molar-refractivity contribution is 0.124. The Morgan fingerprint density at radius 1 is 1.10 bits per heavy atom. The first-order chi connectivity index (χ1) is 14.1. The summed E-state index contributed by atoms with van der Waals surface area (Å²) in [5.74, 6) is 1.48. The highest BCUT2D eigenvalue weighted by Crippen LogP contribution is 2.23. The van der Waals surface area contributed by atoms with Crippen LogP contribution in [0.2, 0.25) is 0 Å². The van der Waals surface area contributed by atoms with Gasteiger partial charge in [0, 0.05) is 24.7 Å². The maximum absolute atomic E-state index is 5.72. The third kappa shape index (κ3) is 8.08. The van der Waals surface area contributed by atoms with Gasteiger partial charge in [0.25, 0.3) is 0 Å². The predicted molar refractivity (Wildman–Crippen MR) is 127 cm³/mol. The lowest BCUT2D eigenvalue weighted by Crippen LogP contribution is -2.23. The van der Waals surface area contributed by atoms with Crippen molar-refractivity contribution in [3.8, 4) is 11.6 Å². The SMILES string of the molecule is C=C(\C(C)=C/C=N\C=C\c1ccc(OC(C)(C)C)nc1)c1ccc(OC(C)C)cc1. The zero-order valence-electron chi connectivity index (χ0n) is 18.8. The standard InChI is InChI=1S/C26H32N2O2/c1-19(2)29-24-11-9-23(10-12-24)21(4)20(3)14-16-27-17-15-22-8-13-25(28-18-22)30-26(5,6)7/h8-19H,4H2,1-3,5-7H3/b17-15+,20-14-,27-16-. The minimum atomic E-state index is -0.257. The summed E-state index contributed by atoms with van der Waals surface area (Å²) in [6.45, 7) is 16.2. The fraction of sp³-hybridized carbons (Fsp3) is 0.308. The van der Waals surface area contributed by atoms with Crippen LogP contribution in [0.1, 0.15) is 52.7 Å². The maximum atomic E-state index is 5.72. The molecule has 1 aromatic heterocycles. The number of nitrogens with zero attached hydrogens (tertiary/aromatic N) is 2. The van der Waals surface area contributed by atoms with Crippen LogP contribution in [0.4, 0.5) is 0 Å². The average molecular weight is 405 g/mol. The van der Waals surface area contributed by atoms with E-state index in [2.05, 4.69) is 16.6 Å². The van der Waals surface area contributed by atoms with Crippen LogP contribution < -0.4 is 9.47 Å². The van der Waals surface area contributed by atoms with Crippen LogP contribution in [0.15, 0.2) is 72.0 Å². The molecule has 1 heterocycles. The Morgan fingerprint density at radius 3 is 2.37 bits per heavy atom. The van der Waals surface area contributed by atoms with Gasteiger partial charge in [-0.1, -0.05) is 18.7 Å². The van der Waals surface area contributed by atoms with Gasteiger partial charge in [0.2, 0.25) is 5.88 Å². The summed E-state index contributed by atoms with van der Waals surface area (Å²) >= 11 is 0. The summed E-state index contributed by atoms with van der Waals surface area (Å²) in [6, 6.07) is 11.8. The van der Waals surface area contributed by atoms with Crippen LogP contribution in [-0.2, 0) is 0 Å². The first-order valence-electron chi connectivity index (χ1n) is 10.1. The van der Waals surface area contributed by atoms with Gasteiger partial charge >= 0.3 is 0 Å². The number of allylic oxidation sites excluding steroid dienone is 3. The van der Waals surface area contributed by atoms with Gasteiger partial charge in [0.1, 0.15) is 11.4 Å². The van der Waals surface area contributed by atoms with Crippen LogP contribution in [0.25, 0.3) is 11.6 Å². The molecule has 30 heavy (non-hydrogen) atoms. The monoisotopic (exact) mass is 404 g/mol. The molecule has 0 atom stereocenters. The number of hydrogen-bond donors (Lipinski definition) is 0. The smallest absolute Gasteiger partial charge is 0.213 e. The van der Waals surface area contributed by atoms with Crippen molar-refractivity contribution in [1.82, 2.24) is 4.98 Å². The second-order valence-electron chi connectivity index (χ2n) is 8.28. The van der Waals surface area contributed by atoms with Gasteiger partial charge in [-0.2, -0.15) is 0 Å². The molecule has 0 unspecified atom stereocenters. The van der Waals surface area contributed by atoms with Crippen LogP contribution in [0, 0.1) is 0 Å². The minimum Gasteiger partial charge on any atom is -0.491 e. The Labute approximate surface area is 180 Å². The summed E-state index contributed by atoms with van der Waals surface area (Å²) in [6.07, 6.45) is 9.28. The van der Waals surface area contributed by atoms with Crippen molar-refractivity contribution >= 4 is 17.9 Å². The second kappa shape index (κ2) is 10.6. The van der Waals surface area contributed by atoms with Crippen LogP contribution in [0.5, 0.6) is 11.6 Å². The largest absolute Gasteiger partial charge is 0.491 e. The minimum absolute atomic E-state index is 0.162. The van der Waals surface area contributed by atoms with Crippen LogP contribution >= 0.6 is 0 Å². The molecule has 0 saturated carbocycles. The van der Waals surface area contributed by atoms with Crippen molar-refractivity contribution in [1.29, 1.82) is 0 Å². The van der Waals surface area contributed by atoms with Gasteiger partial charge in [-0.05, 0) is 94.2 Å². The van der Waals surface area contributed by atoms with Crippen molar-refractivity contribution in [2.75, 3.05) is 0 Å². The molecule has 0 fully saturated rings. The van der Waals surface area contributed by atoms with E-state index >= 15 is 0 Å². The van der Waals surface area contributed by atoms with Crippen molar-refractivity contribution < 1.29 is 9.47 Å². The molecule has 0 spiro atoms. The summed E-state index contributed by atoms with van der Waals surface area (Å²) in [4.78, 5) is 8.62. The van der Waals surface area contributed by atoms with Gasteiger partial charge in [-0.3, -0.25) is 4.99 Å². The van der Waals surface area contributed by atoms with E-state index in [4.69, 9.17) is 9.47 Å². The molecule has 1 aromatic carbocycles. The number of hydrogen-bond acceptors (Lipinski definition) is 4. The number of ether oxygens (including phenoxy) is 2. The van der Waals surface area contributed by atoms with Crippen molar-refractivity contribution in [3.63, 3.8) is 0 Å². The highest BCUT2D eigenvalue weighted by molar-refractivity contribution is 5.84. The summed E-state index contributed by atoms with van der Waals surface area (Å²) in [7, 11) is 0. The van der Waals surface area contributed by atoms with Crippen LogP contribution in [-0.4, -0.2) is 22.9 Å². The quantitative estimate of drug-likeness (QED) is 0.361. The molecule has 0 aliphatic heterocycles. The first kappa shape index (κ1) is 23.1. The molecular formula is C26H32N2O2. The predicted octanol–water partition coefficient (Wildman–Crippen LogP) is 6.75. The molecule has 0 bridgehead atoms. The Hall–Kier alpha value is -3.14. The lowest BCUT2D eigenvalue weighted by atomic mass is 10.0. The Bertz CT molecular complexity index is 913. The normalized spacial score (nSPS) is 12.7. The van der Waals surface area contributed by atoms with Crippen LogP contribution in [0.3, 0.4) is 0 Å². The molecule has 0 aliphatic rings. The van der Waals surface area contributed by atoms with Gasteiger partial charge in [0.05, 0.1) is 6.10 Å². The Balaban J connectivity index is 1.92. The number of aromatic nitrogens is 1. The Morgan fingerprint density at radius 2 is 1.80 bits per heavy atom. The molecule has 0 amide bonds. The molecule has 4 heteroatoms. The highest BCUT2D eigenvalue weighted by atomic mass is 16.5. The zero-order chi connectivity index (χ0) is 22.1. The second-order valence-corrected chi connectivity index (χ2v) is 8.28. The lowest BCUT2D eigenvalue weighted by Gasteiger charge is -2.20. The molecule has 2 rings (SSSR count). The third-order valence-corrected chi connectivity index (χ3v) is 3.98. The number of rotatable bonds is 8. The summed E-state index contributed by atoms with van der Waals surface area (Å²) in [5, 5.41) is 0. The fourth-order valence-corrected chi connectivity index (χ4v) is 2.53. The fourth-order valence-electron chi connectivity index (χ4n) is 2.53. The van der Waals surface area contributed by atoms with E-state index < -0.39 is 0 Å². The molecule has 0 aliphatic carbocycles. The van der Waals surface area contributed by atoms with Crippen molar-refractivity contribution in [2.45, 2.75) is 53.2 Å². The van der Waals surface area contributed by atoms with E-state index in [0.29, 0.717) is 5.88 Å². The van der Waals surface area contributed by atoms with Crippen molar-refractivity contribution in [3.05, 3.63) is 78.1 Å². The third-order valence-electron chi connectivity index (χ3n) is 3.98.